The van der Waals surface area contributed by atoms with E-state index in [1.54, 1.807) is 18.4 Å². The molecule has 0 aliphatic heterocycles. The van der Waals surface area contributed by atoms with Gasteiger partial charge in [-0.1, -0.05) is 18.6 Å². The minimum atomic E-state index is -0.163. The largest absolute Gasteiger partial charge is 1.00 e. The van der Waals surface area contributed by atoms with Crippen molar-refractivity contribution < 1.29 is 49.7 Å². The Hall–Kier alpha value is -0.880. The number of amides is 1. The summed E-state index contributed by atoms with van der Waals surface area (Å²) in [7, 11) is 0. The smallest absolute Gasteiger partial charge is 0.872 e. The zero-order chi connectivity index (χ0) is 11.1. The Kier molecular flexibility index (Phi) is 11.2. The Morgan fingerprint density at radius 2 is 1.88 bits per heavy atom. The molecular formula is C11H14NNaO4. The van der Waals surface area contributed by atoms with E-state index >= 15 is 0 Å². The Morgan fingerprint density at radius 3 is 2.41 bits per heavy atom. The molecule has 0 aliphatic rings. The summed E-state index contributed by atoms with van der Waals surface area (Å²) in [5, 5.41) is 13.4. The van der Waals surface area contributed by atoms with E-state index in [4.69, 9.17) is 0 Å². The van der Waals surface area contributed by atoms with Crippen LogP contribution in [-0.4, -0.2) is 12.2 Å². The average molecular weight is 247 g/mol. The average Bonchev–Trinajstić information content (AvgIpc) is 2.22. The van der Waals surface area contributed by atoms with Crippen LogP contribution in [0.15, 0.2) is 24.3 Å². The van der Waals surface area contributed by atoms with E-state index in [1.807, 2.05) is 0 Å². The fourth-order valence-electron chi connectivity index (χ4n) is 1.08. The molecule has 0 spiro atoms. The second kappa shape index (κ2) is 10.3. The van der Waals surface area contributed by atoms with Gasteiger partial charge in [0.25, 0.3) is 0 Å². The van der Waals surface area contributed by atoms with Crippen LogP contribution in [0.4, 0.5) is 5.69 Å². The predicted molar refractivity (Wildman–Crippen MR) is 58.9 cm³/mol. The van der Waals surface area contributed by atoms with Crippen molar-refractivity contribution in [3.63, 3.8) is 0 Å². The fourth-order valence-corrected chi connectivity index (χ4v) is 1.08. The molecule has 1 amide bonds. The SMILES string of the molecule is O=[C-]CCCC(=O)Nc1ccc([O-])cc1.[Na+].[OH3+]. The van der Waals surface area contributed by atoms with Crippen molar-refractivity contribution in [1.29, 1.82) is 0 Å². The van der Waals surface area contributed by atoms with Gasteiger partial charge in [-0.15, -0.1) is 5.75 Å². The van der Waals surface area contributed by atoms with E-state index in [-0.39, 0.29) is 59.5 Å². The summed E-state index contributed by atoms with van der Waals surface area (Å²) in [6.07, 6.45) is 2.77. The summed E-state index contributed by atoms with van der Waals surface area (Å²) in [6, 6.07) is 5.86. The maximum atomic E-state index is 11.3. The Morgan fingerprint density at radius 1 is 1.29 bits per heavy atom. The molecule has 0 saturated carbocycles. The van der Waals surface area contributed by atoms with Crippen LogP contribution in [0.3, 0.4) is 0 Å². The van der Waals surface area contributed by atoms with Crippen LogP contribution in [0.5, 0.6) is 5.75 Å². The standard InChI is InChI=1S/C11H12NO3.Na.H2O/c13-8-2-1-3-11(15)12-9-4-6-10(14)7-5-9;;/h4-7,14H,1-3H2,(H,12,15);;1H2/q-1;+1;. The number of carbonyl (C=O) groups excluding carboxylic acids is 2. The minimum Gasteiger partial charge on any atom is -0.872 e. The Labute approximate surface area is 122 Å². The quantitative estimate of drug-likeness (QED) is 0.260. The third-order valence-electron chi connectivity index (χ3n) is 1.82. The van der Waals surface area contributed by atoms with Crippen molar-refractivity contribution in [2.75, 3.05) is 5.32 Å². The van der Waals surface area contributed by atoms with Crippen molar-refractivity contribution in [3.8, 4) is 5.75 Å². The zero-order valence-electron chi connectivity index (χ0n) is 9.73. The van der Waals surface area contributed by atoms with Crippen molar-refractivity contribution in [3.05, 3.63) is 24.3 Å². The molecule has 1 rings (SSSR count). The number of anilines is 1. The summed E-state index contributed by atoms with van der Waals surface area (Å²) >= 11 is 0. The molecular weight excluding hydrogens is 233 g/mol. The number of hydrogen-bond acceptors (Lipinski definition) is 3. The second-order valence-electron chi connectivity index (χ2n) is 3.07. The van der Waals surface area contributed by atoms with E-state index in [2.05, 4.69) is 5.32 Å². The fraction of sp³-hybridized carbons (Fsp3) is 0.273. The maximum Gasteiger partial charge on any atom is 1.00 e. The van der Waals surface area contributed by atoms with Gasteiger partial charge in [0.1, 0.15) is 0 Å². The minimum absolute atomic E-state index is 0. The molecule has 0 saturated heterocycles. The summed E-state index contributed by atoms with van der Waals surface area (Å²) < 4.78 is 0. The maximum absolute atomic E-state index is 11.3. The zero-order valence-corrected chi connectivity index (χ0v) is 11.7. The van der Waals surface area contributed by atoms with Gasteiger partial charge < -0.3 is 20.7 Å². The number of hydrogen-bond donors (Lipinski definition) is 1. The molecule has 4 N–H and O–H groups in total. The molecule has 88 valence electrons. The third kappa shape index (κ3) is 7.93. The van der Waals surface area contributed by atoms with Gasteiger partial charge in [-0.05, 0) is 12.1 Å². The molecule has 0 fully saturated rings. The Balaban J connectivity index is 0. The first-order valence-electron chi connectivity index (χ1n) is 4.64. The van der Waals surface area contributed by atoms with Gasteiger partial charge in [0.15, 0.2) is 0 Å². The summed E-state index contributed by atoms with van der Waals surface area (Å²) in [5.41, 5.74) is 0.592. The van der Waals surface area contributed by atoms with Crippen LogP contribution >= 0.6 is 0 Å². The van der Waals surface area contributed by atoms with Gasteiger partial charge in [0.05, 0.1) is 0 Å². The van der Waals surface area contributed by atoms with E-state index in [0.717, 1.165) is 0 Å². The van der Waals surface area contributed by atoms with E-state index in [9.17, 15) is 14.7 Å². The molecule has 17 heavy (non-hydrogen) atoms. The topological polar surface area (TPSA) is 102 Å². The molecule has 0 atom stereocenters. The van der Waals surface area contributed by atoms with Crippen LogP contribution in [0.25, 0.3) is 0 Å². The summed E-state index contributed by atoms with van der Waals surface area (Å²) in [5.74, 6) is -0.257. The summed E-state index contributed by atoms with van der Waals surface area (Å²) in [6.45, 7) is 0. The number of rotatable bonds is 5. The van der Waals surface area contributed by atoms with E-state index < -0.39 is 0 Å². The van der Waals surface area contributed by atoms with E-state index in [0.29, 0.717) is 12.1 Å². The molecule has 0 radical (unpaired) electrons. The van der Waals surface area contributed by atoms with Gasteiger partial charge in [-0.25, -0.2) is 0 Å². The van der Waals surface area contributed by atoms with Crippen LogP contribution in [0.1, 0.15) is 19.3 Å². The van der Waals surface area contributed by atoms with Gasteiger partial charge in [0.2, 0.25) is 5.91 Å². The molecule has 0 unspecified atom stereocenters. The monoisotopic (exact) mass is 247 g/mol. The number of nitrogens with one attached hydrogen (secondary N) is 1. The van der Waals surface area contributed by atoms with Crippen molar-refractivity contribution in [2.45, 2.75) is 19.3 Å². The molecule has 5 nitrogen and oxygen atoms in total. The first kappa shape index (κ1) is 18.5. The number of benzene rings is 1. The van der Waals surface area contributed by atoms with Gasteiger partial charge >= 0.3 is 29.6 Å². The van der Waals surface area contributed by atoms with Crippen LogP contribution in [-0.2, 0) is 15.1 Å². The van der Waals surface area contributed by atoms with Crippen molar-refractivity contribution in [1.82, 2.24) is 0 Å². The first-order valence-corrected chi connectivity index (χ1v) is 4.64. The Bertz CT molecular complexity index is 340. The van der Waals surface area contributed by atoms with Crippen LogP contribution in [0, 0.1) is 0 Å². The summed E-state index contributed by atoms with van der Waals surface area (Å²) in [4.78, 5) is 21.1. The normalized spacial score (nSPS) is 8.47. The van der Waals surface area contributed by atoms with Crippen LogP contribution < -0.4 is 40.0 Å². The molecule has 1 aromatic carbocycles. The molecule has 0 heterocycles. The van der Waals surface area contributed by atoms with Crippen molar-refractivity contribution in [2.24, 2.45) is 0 Å². The van der Waals surface area contributed by atoms with E-state index in [1.165, 1.54) is 12.1 Å². The number of carbonyl (C=O) groups is 1. The second-order valence-corrected chi connectivity index (χ2v) is 3.07. The molecule has 1 aromatic rings. The van der Waals surface area contributed by atoms with Gasteiger partial charge in [-0.2, -0.15) is 6.42 Å². The first-order chi connectivity index (χ1) is 7.22. The third-order valence-corrected chi connectivity index (χ3v) is 1.82. The molecule has 0 aromatic heterocycles. The number of unbranched alkanes of at least 4 members (excludes halogenated alkanes) is 1. The predicted octanol–water partition coefficient (Wildman–Crippen LogP) is -2.94. The molecule has 0 bridgehead atoms. The van der Waals surface area contributed by atoms with Crippen molar-refractivity contribution >= 4 is 17.9 Å². The van der Waals surface area contributed by atoms with Crippen LogP contribution in [0.2, 0.25) is 0 Å². The van der Waals surface area contributed by atoms with Gasteiger partial charge in [-0.3, -0.25) is 11.1 Å². The van der Waals surface area contributed by atoms with Gasteiger partial charge in [0, 0.05) is 12.1 Å². The molecule has 6 heteroatoms. The molecule has 0 aliphatic carbocycles.